The van der Waals surface area contributed by atoms with E-state index < -0.39 is 0 Å². The van der Waals surface area contributed by atoms with Crippen molar-refractivity contribution in [2.24, 2.45) is 0 Å². The van der Waals surface area contributed by atoms with Crippen LogP contribution in [0.4, 0.5) is 0 Å². The standard InChI is InChI=1S/C14H25N3O4/c1-12(18)10-21-14(2,3)5-7-20-8-6-17-9-13(11-19-4)15-16-17/h9H,5-8,10-11H2,1-4H3. The molecule has 1 heterocycles. The SMILES string of the molecule is COCc1cn(CCOCCC(C)(C)OCC(C)=O)nn1. The van der Waals surface area contributed by atoms with Crippen LogP contribution in [0.1, 0.15) is 32.9 Å². The highest BCUT2D eigenvalue weighted by molar-refractivity contribution is 5.76. The first kappa shape index (κ1) is 17.7. The minimum Gasteiger partial charge on any atom is -0.379 e. The molecular weight excluding hydrogens is 274 g/mol. The van der Waals surface area contributed by atoms with Gasteiger partial charge in [0.2, 0.25) is 0 Å². The number of rotatable bonds is 11. The maximum atomic E-state index is 10.9. The third-order valence-corrected chi connectivity index (χ3v) is 2.86. The van der Waals surface area contributed by atoms with Crippen LogP contribution in [0.25, 0.3) is 0 Å². The summed E-state index contributed by atoms with van der Waals surface area (Å²) in [7, 11) is 1.62. The maximum Gasteiger partial charge on any atom is 0.155 e. The van der Waals surface area contributed by atoms with Gasteiger partial charge in [-0.2, -0.15) is 0 Å². The Balaban J connectivity index is 2.14. The van der Waals surface area contributed by atoms with E-state index in [1.165, 1.54) is 6.92 Å². The molecule has 120 valence electrons. The zero-order valence-corrected chi connectivity index (χ0v) is 13.3. The second-order valence-electron chi connectivity index (χ2n) is 5.52. The van der Waals surface area contributed by atoms with E-state index in [4.69, 9.17) is 14.2 Å². The molecule has 1 rings (SSSR count). The molecule has 7 heteroatoms. The van der Waals surface area contributed by atoms with E-state index in [-0.39, 0.29) is 18.0 Å². The molecule has 0 saturated heterocycles. The van der Waals surface area contributed by atoms with Gasteiger partial charge in [-0.1, -0.05) is 5.21 Å². The van der Waals surface area contributed by atoms with Crippen molar-refractivity contribution in [3.63, 3.8) is 0 Å². The smallest absolute Gasteiger partial charge is 0.155 e. The Morgan fingerprint density at radius 1 is 1.38 bits per heavy atom. The quantitative estimate of drug-likeness (QED) is 0.572. The average molecular weight is 299 g/mol. The molecule has 0 aromatic carbocycles. The van der Waals surface area contributed by atoms with Gasteiger partial charge >= 0.3 is 0 Å². The summed E-state index contributed by atoms with van der Waals surface area (Å²) in [5.74, 6) is 0.0297. The van der Waals surface area contributed by atoms with Gasteiger partial charge in [-0.15, -0.1) is 5.10 Å². The fraction of sp³-hybridized carbons (Fsp3) is 0.786. The van der Waals surface area contributed by atoms with E-state index in [1.54, 1.807) is 11.8 Å². The molecule has 0 fully saturated rings. The number of hydrogen-bond donors (Lipinski definition) is 0. The van der Waals surface area contributed by atoms with E-state index in [9.17, 15) is 4.79 Å². The molecule has 0 atom stereocenters. The lowest BCUT2D eigenvalue weighted by Crippen LogP contribution is -2.28. The van der Waals surface area contributed by atoms with E-state index in [1.807, 2.05) is 20.0 Å². The molecule has 0 aliphatic carbocycles. The highest BCUT2D eigenvalue weighted by Crippen LogP contribution is 2.14. The number of carbonyl (C=O) groups excluding carboxylic acids is 1. The first-order valence-corrected chi connectivity index (χ1v) is 7.02. The molecule has 7 nitrogen and oxygen atoms in total. The largest absolute Gasteiger partial charge is 0.379 e. The zero-order valence-electron chi connectivity index (χ0n) is 13.3. The van der Waals surface area contributed by atoms with Crippen molar-refractivity contribution in [2.45, 2.75) is 45.9 Å². The minimum absolute atomic E-state index is 0.0297. The molecule has 0 aliphatic rings. The maximum absolute atomic E-state index is 10.9. The molecular formula is C14H25N3O4. The minimum atomic E-state index is -0.357. The van der Waals surface area contributed by atoms with Gasteiger partial charge in [-0.05, 0) is 27.2 Å². The highest BCUT2D eigenvalue weighted by Gasteiger charge is 2.18. The zero-order chi connectivity index (χ0) is 15.7. The van der Waals surface area contributed by atoms with Crippen molar-refractivity contribution in [1.29, 1.82) is 0 Å². The predicted molar refractivity (Wildman–Crippen MR) is 76.9 cm³/mol. The number of aromatic nitrogens is 3. The molecule has 0 unspecified atom stereocenters. The molecule has 0 spiro atoms. The Morgan fingerprint density at radius 2 is 2.14 bits per heavy atom. The van der Waals surface area contributed by atoms with Gasteiger partial charge in [-0.25, -0.2) is 4.68 Å². The van der Waals surface area contributed by atoms with Gasteiger partial charge in [0.05, 0.1) is 31.6 Å². The van der Waals surface area contributed by atoms with E-state index in [0.717, 1.165) is 12.1 Å². The highest BCUT2D eigenvalue weighted by atomic mass is 16.5. The molecule has 0 radical (unpaired) electrons. The Kier molecular flexibility index (Phi) is 7.49. The average Bonchev–Trinajstić information content (AvgIpc) is 2.84. The molecule has 0 amide bonds. The summed E-state index contributed by atoms with van der Waals surface area (Å²) in [6.45, 7) is 7.80. The summed E-state index contributed by atoms with van der Waals surface area (Å²) < 4.78 is 17.8. The second kappa shape index (κ2) is 8.86. The van der Waals surface area contributed by atoms with Gasteiger partial charge in [0.25, 0.3) is 0 Å². The van der Waals surface area contributed by atoms with Crippen LogP contribution < -0.4 is 0 Å². The Bertz CT molecular complexity index is 432. The number of methoxy groups -OCH3 is 1. The Hall–Kier alpha value is -1.31. The first-order valence-electron chi connectivity index (χ1n) is 7.02. The van der Waals surface area contributed by atoms with Crippen LogP contribution in [0, 0.1) is 0 Å². The number of hydrogen-bond acceptors (Lipinski definition) is 6. The van der Waals surface area contributed by atoms with Gasteiger partial charge in [0, 0.05) is 13.7 Å². The first-order chi connectivity index (χ1) is 9.93. The lowest BCUT2D eigenvalue weighted by atomic mass is 10.1. The fourth-order valence-electron chi connectivity index (χ4n) is 1.61. The molecule has 1 aromatic rings. The van der Waals surface area contributed by atoms with Crippen LogP contribution in [0.5, 0.6) is 0 Å². The molecule has 0 saturated carbocycles. The lowest BCUT2D eigenvalue weighted by Gasteiger charge is -2.24. The fourth-order valence-corrected chi connectivity index (χ4v) is 1.61. The second-order valence-corrected chi connectivity index (χ2v) is 5.52. The summed E-state index contributed by atoms with van der Waals surface area (Å²) in [5.41, 5.74) is 0.446. The Morgan fingerprint density at radius 3 is 2.81 bits per heavy atom. The van der Waals surface area contributed by atoms with Crippen LogP contribution in [0.15, 0.2) is 6.20 Å². The molecule has 0 bridgehead atoms. The monoisotopic (exact) mass is 299 g/mol. The van der Waals surface area contributed by atoms with E-state index in [2.05, 4.69) is 10.3 Å². The normalized spacial score (nSPS) is 11.8. The molecule has 0 aliphatic heterocycles. The number of nitrogens with zero attached hydrogens (tertiary/aromatic N) is 3. The van der Waals surface area contributed by atoms with Crippen LogP contribution in [-0.4, -0.2) is 53.3 Å². The van der Waals surface area contributed by atoms with Crippen molar-refractivity contribution < 1.29 is 19.0 Å². The van der Waals surface area contributed by atoms with Gasteiger partial charge < -0.3 is 14.2 Å². The van der Waals surface area contributed by atoms with Crippen molar-refractivity contribution in [3.05, 3.63) is 11.9 Å². The van der Waals surface area contributed by atoms with E-state index in [0.29, 0.717) is 26.4 Å². The summed E-state index contributed by atoms with van der Waals surface area (Å²) in [6, 6.07) is 0. The van der Waals surface area contributed by atoms with Gasteiger partial charge in [-0.3, -0.25) is 4.79 Å². The molecule has 21 heavy (non-hydrogen) atoms. The van der Waals surface area contributed by atoms with Crippen molar-refractivity contribution in [2.75, 3.05) is 26.9 Å². The van der Waals surface area contributed by atoms with Gasteiger partial charge in [0.1, 0.15) is 12.3 Å². The third kappa shape index (κ3) is 7.89. The van der Waals surface area contributed by atoms with Crippen molar-refractivity contribution in [3.8, 4) is 0 Å². The predicted octanol–water partition coefficient (Wildman–Crippen LogP) is 1.22. The summed E-state index contributed by atoms with van der Waals surface area (Å²) >= 11 is 0. The lowest BCUT2D eigenvalue weighted by molar-refractivity contribution is -0.128. The topological polar surface area (TPSA) is 75.5 Å². The van der Waals surface area contributed by atoms with Crippen molar-refractivity contribution >= 4 is 5.78 Å². The Labute approximate surface area is 125 Å². The molecule has 0 N–H and O–H groups in total. The van der Waals surface area contributed by atoms with Crippen LogP contribution in [0.2, 0.25) is 0 Å². The summed E-state index contributed by atoms with van der Waals surface area (Å²) in [6.07, 6.45) is 2.57. The summed E-state index contributed by atoms with van der Waals surface area (Å²) in [4.78, 5) is 10.9. The number of ketones is 1. The van der Waals surface area contributed by atoms with Crippen LogP contribution >= 0.6 is 0 Å². The van der Waals surface area contributed by atoms with Crippen molar-refractivity contribution in [1.82, 2.24) is 15.0 Å². The van der Waals surface area contributed by atoms with Crippen LogP contribution in [-0.2, 0) is 32.2 Å². The van der Waals surface area contributed by atoms with Gasteiger partial charge in [0.15, 0.2) is 5.78 Å². The summed E-state index contributed by atoms with van der Waals surface area (Å²) in [5, 5.41) is 7.94. The number of Topliss-reactive ketones (excluding diaryl/α,β-unsaturated/α-hetero) is 1. The number of ether oxygens (including phenoxy) is 3. The van der Waals surface area contributed by atoms with E-state index >= 15 is 0 Å². The molecule has 1 aromatic heterocycles. The third-order valence-electron chi connectivity index (χ3n) is 2.86. The van der Waals surface area contributed by atoms with Crippen LogP contribution in [0.3, 0.4) is 0 Å². The number of carbonyl (C=O) groups is 1.